The molecule has 0 atom stereocenters. The molecule has 0 aliphatic carbocycles. The predicted molar refractivity (Wildman–Crippen MR) is 87.8 cm³/mol. The molecule has 2 aromatic rings. The molecule has 116 valence electrons. The Bertz CT molecular complexity index is 680. The van der Waals surface area contributed by atoms with Gasteiger partial charge in [0, 0.05) is 26.2 Å². The van der Waals surface area contributed by atoms with Crippen molar-refractivity contribution in [3.05, 3.63) is 52.4 Å². The second-order valence-corrected chi connectivity index (χ2v) is 5.83. The molecule has 1 aromatic heterocycles. The first-order valence-electron chi connectivity index (χ1n) is 6.81. The van der Waals surface area contributed by atoms with Gasteiger partial charge in [0.25, 0.3) is 5.91 Å². The van der Waals surface area contributed by atoms with Crippen LogP contribution in [0, 0.1) is 0 Å². The van der Waals surface area contributed by atoms with Crippen LogP contribution in [-0.4, -0.2) is 30.8 Å². The maximum atomic E-state index is 12.0. The predicted octanol–water partition coefficient (Wildman–Crippen LogP) is 3.32. The lowest BCUT2D eigenvalue weighted by molar-refractivity contribution is -0.128. The molecule has 0 aliphatic rings. The summed E-state index contributed by atoms with van der Waals surface area (Å²) in [5.74, 6) is 0.00200. The summed E-state index contributed by atoms with van der Waals surface area (Å²) >= 11 is 3.16. The quantitative estimate of drug-likeness (QED) is 0.884. The molecule has 0 unspecified atom stereocenters. The molecule has 2 amide bonds. The van der Waals surface area contributed by atoms with Gasteiger partial charge in [-0.2, -0.15) is 0 Å². The lowest BCUT2D eigenvalue weighted by atomic mass is 10.1. The number of benzene rings is 1. The summed E-state index contributed by atoms with van der Waals surface area (Å²) < 4.78 is 5.72. The normalized spacial score (nSPS) is 10.3. The van der Waals surface area contributed by atoms with Crippen LogP contribution in [0.3, 0.4) is 0 Å². The number of amides is 2. The summed E-state index contributed by atoms with van der Waals surface area (Å²) in [5, 5.41) is 2.77. The summed E-state index contributed by atoms with van der Waals surface area (Å²) in [6.45, 7) is 0. The largest absolute Gasteiger partial charge is 0.444 e. The number of furan rings is 1. The third-order valence-corrected chi connectivity index (χ3v) is 3.53. The fraction of sp³-hybridized carbons (Fsp3) is 0.250. The number of anilines is 1. The first kappa shape index (κ1) is 16.3. The molecule has 2 rings (SSSR count). The van der Waals surface area contributed by atoms with Gasteiger partial charge in [-0.1, -0.05) is 12.1 Å². The average Bonchev–Trinajstić information content (AvgIpc) is 2.91. The topological polar surface area (TPSA) is 62.6 Å². The van der Waals surface area contributed by atoms with Crippen LogP contribution in [0.1, 0.15) is 22.5 Å². The highest BCUT2D eigenvalue weighted by molar-refractivity contribution is 9.10. The third kappa shape index (κ3) is 4.46. The van der Waals surface area contributed by atoms with Crippen LogP contribution in [0.15, 0.2) is 45.5 Å². The van der Waals surface area contributed by atoms with E-state index in [1.807, 2.05) is 18.2 Å². The van der Waals surface area contributed by atoms with Gasteiger partial charge in [0.05, 0.1) is 0 Å². The summed E-state index contributed by atoms with van der Waals surface area (Å²) in [6, 6.07) is 10.7. The molecule has 0 spiro atoms. The van der Waals surface area contributed by atoms with Crippen molar-refractivity contribution >= 4 is 33.4 Å². The van der Waals surface area contributed by atoms with E-state index in [0.717, 1.165) is 5.56 Å². The van der Waals surface area contributed by atoms with Gasteiger partial charge in [-0.3, -0.25) is 9.59 Å². The number of halogens is 1. The van der Waals surface area contributed by atoms with Gasteiger partial charge < -0.3 is 14.6 Å². The molecule has 0 aliphatic heterocycles. The number of nitrogens with zero attached hydrogens (tertiary/aromatic N) is 1. The second kappa shape index (κ2) is 7.26. The van der Waals surface area contributed by atoms with Gasteiger partial charge in [0.15, 0.2) is 10.4 Å². The third-order valence-electron chi connectivity index (χ3n) is 3.11. The van der Waals surface area contributed by atoms with E-state index in [1.165, 1.54) is 0 Å². The van der Waals surface area contributed by atoms with E-state index in [-0.39, 0.29) is 17.6 Å². The van der Waals surface area contributed by atoms with E-state index >= 15 is 0 Å². The van der Waals surface area contributed by atoms with Crippen molar-refractivity contribution in [2.45, 2.75) is 12.8 Å². The van der Waals surface area contributed by atoms with Gasteiger partial charge >= 0.3 is 0 Å². The van der Waals surface area contributed by atoms with Crippen LogP contribution in [0.4, 0.5) is 5.69 Å². The minimum absolute atomic E-state index is 0.0786. The van der Waals surface area contributed by atoms with Gasteiger partial charge in [-0.15, -0.1) is 0 Å². The van der Waals surface area contributed by atoms with Crippen molar-refractivity contribution in [2.24, 2.45) is 0 Å². The summed E-state index contributed by atoms with van der Waals surface area (Å²) in [5.41, 5.74) is 1.67. The van der Waals surface area contributed by atoms with E-state index in [0.29, 0.717) is 23.2 Å². The Morgan fingerprint density at radius 3 is 2.64 bits per heavy atom. The van der Waals surface area contributed by atoms with Crippen molar-refractivity contribution in [3.63, 3.8) is 0 Å². The van der Waals surface area contributed by atoms with Crippen LogP contribution in [0.2, 0.25) is 0 Å². The second-order valence-electron chi connectivity index (χ2n) is 5.05. The fourth-order valence-electron chi connectivity index (χ4n) is 1.91. The van der Waals surface area contributed by atoms with Crippen molar-refractivity contribution < 1.29 is 14.0 Å². The van der Waals surface area contributed by atoms with Crippen molar-refractivity contribution in [2.75, 3.05) is 19.4 Å². The Morgan fingerprint density at radius 1 is 1.23 bits per heavy atom. The zero-order chi connectivity index (χ0) is 16.1. The lowest BCUT2D eigenvalue weighted by Crippen LogP contribution is -2.21. The highest BCUT2D eigenvalue weighted by atomic mass is 79.9. The van der Waals surface area contributed by atoms with Gasteiger partial charge in [0.1, 0.15) is 0 Å². The Kier molecular flexibility index (Phi) is 5.38. The molecule has 0 fully saturated rings. The molecule has 0 bridgehead atoms. The maximum Gasteiger partial charge on any atom is 0.291 e. The Hall–Kier alpha value is -2.08. The lowest BCUT2D eigenvalue weighted by Gasteiger charge is -2.10. The molecule has 6 heteroatoms. The van der Waals surface area contributed by atoms with Crippen molar-refractivity contribution in [1.29, 1.82) is 0 Å². The highest BCUT2D eigenvalue weighted by Crippen LogP contribution is 2.17. The molecule has 5 nitrogen and oxygen atoms in total. The van der Waals surface area contributed by atoms with E-state index in [9.17, 15) is 9.59 Å². The highest BCUT2D eigenvalue weighted by Gasteiger charge is 2.11. The van der Waals surface area contributed by atoms with E-state index in [2.05, 4.69) is 21.2 Å². The Labute approximate surface area is 137 Å². The van der Waals surface area contributed by atoms with Crippen LogP contribution < -0.4 is 5.32 Å². The Morgan fingerprint density at radius 2 is 2.00 bits per heavy atom. The zero-order valence-corrected chi connectivity index (χ0v) is 14.0. The maximum absolute atomic E-state index is 12.0. The molecule has 0 saturated heterocycles. The molecule has 1 aromatic carbocycles. The zero-order valence-electron chi connectivity index (χ0n) is 12.4. The SMILES string of the molecule is CN(C)C(=O)CCc1cccc(NC(=O)c2ccc(Br)o2)c1. The van der Waals surface area contributed by atoms with Gasteiger partial charge in [-0.25, -0.2) is 0 Å². The summed E-state index contributed by atoms with van der Waals surface area (Å²) in [7, 11) is 3.47. The summed E-state index contributed by atoms with van der Waals surface area (Å²) in [4.78, 5) is 25.2. The number of nitrogens with one attached hydrogen (secondary N) is 1. The van der Waals surface area contributed by atoms with Crippen LogP contribution in [-0.2, 0) is 11.2 Å². The van der Waals surface area contributed by atoms with Gasteiger partial charge in [-0.05, 0) is 52.2 Å². The fourth-order valence-corrected chi connectivity index (χ4v) is 2.22. The smallest absolute Gasteiger partial charge is 0.291 e. The minimum Gasteiger partial charge on any atom is -0.444 e. The number of aryl methyl sites for hydroxylation is 1. The van der Waals surface area contributed by atoms with E-state index in [1.54, 1.807) is 37.2 Å². The number of rotatable bonds is 5. The molecule has 1 N–H and O–H groups in total. The molecule has 0 radical (unpaired) electrons. The first-order valence-corrected chi connectivity index (χ1v) is 7.61. The van der Waals surface area contributed by atoms with E-state index < -0.39 is 0 Å². The number of carbonyl (C=O) groups excluding carboxylic acids is 2. The molecule has 0 saturated carbocycles. The molecule has 22 heavy (non-hydrogen) atoms. The number of hydrogen-bond donors (Lipinski definition) is 1. The minimum atomic E-state index is -0.313. The first-order chi connectivity index (χ1) is 10.5. The van der Waals surface area contributed by atoms with Gasteiger partial charge in [0.2, 0.25) is 5.91 Å². The number of carbonyl (C=O) groups is 2. The van der Waals surface area contributed by atoms with Crippen LogP contribution in [0.25, 0.3) is 0 Å². The average molecular weight is 365 g/mol. The van der Waals surface area contributed by atoms with Crippen LogP contribution >= 0.6 is 15.9 Å². The molecule has 1 heterocycles. The van der Waals surface area contributed by atoms with Crippen molar-refractivity contribution in [3.8, 4) is 0 Å². The standard InChI is InChI=1S/C16H17BrN2O3/c1-19(2)15(20)9-6-11-4-3-5-12(10-11)18-16(21)13-7-8-14(17)22-13/h3-5,7-8,10H,6,9H2,1-2H3,(H,18,21). The van der Waals surface area contributed by atoms with E-state index in [4.69, 9.17) is 4.42 Å². The molecular formula is C16H17BrN2O3. The summed E-state index contributed by atoms with van der Waals surface area (Å²) in [6.07, 6.45) is 1.07. The van der Waals surface area contributed by atoms with Crippen LogP contribution in [0.5, 0.6) is 0 Å². The monoisotopic (exact) mass is 364 g/mol. The Balaban J connectivity index is 1.99. The molecular weight excluding hydrogens is 348 g/mol. The van der Waals surface area contributed by atoms with Crippen molar-refractivity contribution in [1.82, 2.24) is 4.90 Å². The number of hydrogen-bond acceptors (Lipinski definition) is 3.